The Labute approximate surface area is 145 Å². The summed E-state index contributed by atoms with van der Waals surface area (Å²) in [5, 5.41) is 2.95. The van der Waals surface area contributed by atoms with E-state index in [1.165, 1.54) is 10.9 Å². The highest BCUT2D eigenvalue weighted by molar-refractivity contribution is 6.31. The molecular formula is C20H16ClN3. The number of hydrogen-bond donors (Lipinski definition) is 0. The predicted molar refractivity (Wildman–Crippen MR) is 102 cm³/mol. The van der Waals surface area contributed by atoms with Gasteiger partial charge < -0.3 is 4.57 Å². The molecule has 0 fully saturated rings. The topological polar surface area (TPSA) is 30.2 Å². The Morgan fingerprint density at radius 2 is 1.96 bits per heavy atom. The Morgan fingerprint density at radius 3 is 2.79 bits per heavy atom. The molecule has 4 aromatic rings. The molecule has 118 valence electrons. The summed E-state index contributed by atoms with van der Waals surface area (Å²) >= 11 is 6.06. The molecule has 4 rings (SSSR count). The third-order valence-corrected chi connectivity index (χ3v) is 4.45. The van der Waals surface area contributed by atoms with E-state index < -0.39 is 0 Å². The summed E-state index contributed by atoms with van der Waals surface area (Å²) in [7, 11) is 3.84. The standard InChI is InChI=1S/C20H16ClN3/c1-22-11-13-3-8-20-16(9-13)17(12-24(20)2)19-6-4-14-10-15(21)5-7-18(14)23-19/h3-12H,1-2H3. The molecule has 24 heavy (non-hydrogen) atoms. The number of rotatable bonds is 2. The van der Waals surface area contributed by atoms with E-state index >= 15 is 0 Å². The van der Waals surface area contributed by atoms with Crippen molar-refractivity contribution < 1.29 is 0 Å². The van der Waals surface area contributed by atoms with Crippen molar-refractivity contribution >= 4 is 39.6 Å². The van der Waals surface area contributed by atoms with E-state index in [0.717, 1.165) is 32.7 Å². The first-order valence-corrected chi connectivity index (χ1v) is 8.11. The van der Waals surface area contributed by atoms with Gasteiger partial charge in [-0.05, 0) is 42.0 Å². The normalized spacial score (nSPS) is 11.8. The van der Waals surface area contributed by atoms with Crippen molar-refractivity contribution in [2.75, 3.05) is 7.05 Å². The number of aliphatic imine (C=N–C) groups is 1. The van der Waals surface area contributed by atoms with Crippen LogP contribution in [-0.2, 0) is 7.05 Å². The fraction of sp³-hybridized carbons (Fsp3) is 0.100. The molecular weight excluding hydrogens is 318 g/mol. The molecule has 0 N–H and O–H groups in total. The largest absolute Gasteiger partial charge is 0.350 e. The summed E-state index contributed by atoms with van der Waals surface area (Å²) in [5.74, 6) is 0. The monoisotopic (exact) mass is 333 g/mol. The van der Waals surface area contributed by atoms with Gasteiger partial charge in [-0.25, -0.2) is 4.98 Å². The molecule has 0 unspecified atom stereocenters. The Hall–Kier alpha value is -2.65. The smallest absolute Gasteiger partial charge is 0.0731 e. The van der Waals surface area contributed by atoms with Crippen LogP contribution in [0.15, 0.2) is 59.7 Å². The van der Waals surface area contributed by atoms with Gasteiger partial charge in [0.1, 0.15) is 0 Å². The van der Waals surface area contributed by atoms with Crippen molar-refractivity contribution in [3.63, 3.8) is 0 Å². The van der Waals surface area contributed by atoms with Crippen LogP contribution in [0.4, 0.5) is 0 Å². The third-order valence-electron chi connectivity index (χ3n) is 4.22. The van der Waals surface area contributed by atoms with Crippen LogP contribution in [0.5, 0.6) is 0 Å². The highest BCUT2D eigenvalue weighted by Crippen LogP contribution is 2.31. The molecule has 0 saturated heterocycles. The van der Waals surface area contributed by atoms with Gasteiger partial charge in [-0.15, -0.1) is 0 Å². The zero-order chi connectivity index (χ0) is 16.7. The van der Waals surface area contributed by atoms with E-state index in [2.05, 4.69) is 47.1 Å². The fourth-order valence-corrected chi connectivity index (χ4v) is 3.27. The molecule has 0 aliphatic heterocycles. The number of pyridine rings is 1. The highest BCUT2D eigenvalue weighted by Gasteiger charge is 2.11. The van der Waals surface area contributed by atoms with Crippen molar-refractivity contribution in [1.82, 2.24) is 9.55 Å². The van der Waals surface area contributed by atoms with Crippen molar-refractivity contribution in [3.8, 4) is 11.3 Å². The van der Waals surface area contributed by atoms with Crippen molar-refractivity contribution in [2.45, 2.75) is 0 Å². The average Bonchev–Trinajstić information content (AvgIpc) is 2.91. The first-order chi connectivity index (χ1) is 11.7. The second-order valence-corrected chi connectivity index (χ2v) is 6.29. The zero-order valence-corrected chi connectivity index (χ0v) is 14.2. The summed E-state index contributed by atoms with van der Waals surface area (Å²) in [6, 6.07) is 16.2. The predicted octanol–water partition coefficient (Wildman–Crippen LogP) is 5.10. The van der Waals surface area contributed by atoms with Gasteiger partial charge >= 0.3 is 0 Å². The second kappa shape index (κ2) is 5.77. The van der Waals surface area contributed by atoms with Gasteiger partial charge in [0.25, 0.3) is 0 Å². The van der Waals surface area contributed by atoms with Crippen LogP contribution in [0.3, 0.4) is 0 Å². The molecule has 0 atom stereocenters. The maximum atomic E-state index is 6.06. The van der Waals surface area contributed by atoms with Gasteiger partial charge in [0.15, 0.2) is 0 Å². The van der Waals surface area contributed by atoms with E-state index in [-0.39, 0.29) is 0 Å². The number of benzene rings is 2. The lowest BCUT2D eigenvalue weighted by molar-refractivity contribution is 0.969. The molecule has 0 aliphatic rings. The highest BCUT2D eigenvalue weighted by atomic mass is 35.5. The molecule has 0 radical (unpaired) electrons. The first kappa shape index (κ1) is 14.9. The lowest BCUT2D eigenvalue weighted by atomic mass is 10.1. The zero-order valence-electron chi connectivity index (χ0n) is 13.5. The van der Waals surface area contributed by atoms with Crippen LogP contribution >= 0.6 is 11.6 Å². The summed E-state index contributed by atoms with van der Waals surface area (Å²) in [4.78, 5) is 8.93. The van der Waals surface area contributed by atoms with E-state index in [1.54, 1.807) is 7.05 Å². The molecule has 0 saturated carbocycles. The van der Waals surface area contributed by atoms with Crippen LogP contribution in [0.2, 0.25) is 5.02 Å². The number of fused-ring (bicyclic) bond motifs is 2. The summed E-state index contributed by atoms with van der Waals surface area (Å²) in [6.07, 6.45) is 3.99. The van der Waals surface area contributed by atoms with Gasteiger partial charge in [0.2, 0.25) is 0 Å². The average molecular weight is 334 g/mol. The minimum absolute atomic E-state index is 0.728. The van der Waals surface area contributed by atoms with Crippen LogP contribution in [0.25, 0.3) is 33.1 Å². The summed E-state index contributed by atoms with van der Waals surface area (Å²) in [5.41, 5.74) is 5.29. The van der Waals surface area contributed by atoms with E-state index in [9.17, 15) is 0 Å². The molecule has 2 aromatic heterocycles. The minimum atomic E-state index is 0.728. The van der Waals surface area contributed by atoms with Gasteiger partial charge in [0, 0.05) is 53.4 Å². The molecule has 0 aliphatic carbocycles. The first-order valence-electron chi connectivity index (χ1n) is 7.73. The molecule has 2 heterocycles. The second-order valence-electron chi connectivity index (χ2n) is 5.85. The van der Waals surface area contributed by atoms with E-state index in [0.29, 0.717) is 0 Å². The number of aryl methyl sites for hydroxylation is 1. The Bertz CT molecular complexity index is 1090. The number of aromatic nitrogens is 2. The SMILES string of the molecule is CN=Cc1ccc2c(c1)c(-c1ccc3cc(Cl)ccc3n1)cn2C. The number of nitrogens with zero attached hydrogens (tertiary/aromatic N) is 3. The van der Waals surface area contributed by atoms with Gasteiger partial charge in [0.05, 0.1) is 11.2 Å². The van der Waals surface area contributed by atoms with Crippen LogP contribution in [0.1, 0.15) is 5.56 Å². The van der Waals surface area contributed by atoms with Gasteiger partial charge in [-0.1, -0.05) is 23.7 Å². The molecule has 0 bridgehead atoms. The van der Waals surface area contributed by atoms with Crippen molar-refractivity contribution in [2.24, 2.45) is 12.0 Å². The lowest BCUT2D eigenvalue weighted by Crippen LogP contribution is -1.85. The fourth-order valence-electron chi connectivity index (χ4n) is 3.09. The van der Waals surface area contributed by atoms with Crippen LogP contribution < -0.4 is 0 Å². The maximum Gasteiger partial charge on any atom is 0.0731 e. The third kappa shape index (κ3) is 2.47. The number of halogens is 1. The Kier molecular flexibility index (Phi) is 3.58. The molecule has 0 amide bonds. The summed E-state index contributed by atoms with van der Waals surface area (Å²) in [6.45, 7) is 0. The van der Waals surface area contributed by atoms with Crippen molar-refractivity contribution in [3.05, 3.63) is 65.3 Å². The molecule has 2 aromatic carbocycles. The van der Waals surface area contributed by atoms with Gasteiger partial charge in [-0.3, -0.25) is 4.99 Å². The minimum Gasteiger partial charge on any atom is -0.350 e. The lowest BCUT2D eigenvalue weighted by Gasteiger charge is -2.03. The summed E-state index contributed by atoms with van der Waals surface area (Å²) < 4.78 is 2.13. The Balaban J connectivity index is 1.95. The molecule has 3 nitrogen and oxygen atoms in total. The number of hydrogen-bond acceptors (Lipinski definition) is 2. The van der Waals surface area contributed by atoms with Crippen molar-refractivity contribution in [1.29, 1.82) is 0 Å². The quantitative estimate of drug-likeness (QED) is 0.470. The maximum absolute atomic E-state index is 6.06. The molecule has 4 heteroatoms. The van der Waals surface area contributed by atoms with Crippen LogP contribution in [0, 0.1) is 0 Å². The Morgan fingerprint density at radius 1 is 1.08 bits per heavy atom. The van der Waals surface area contributed by atoms with E-state index in [1.807, 2.05) is 30.5 Å². The van der Waals surface area contributed by atoms with Gasteiger partial charge in [-0.2, -0.15) is 0 Å². The van der Waals surface area contributed by atoms with Crippen LogP contribution in [-0.4, -0.2) is 22.8 Å². The molecule has 0 spiro atoms. The van der Waals surface area contributed by atoms with E-state index in [4.69, 9.17) is 16.6 Å².